The van der Waals surface area contributed by atoms with Crippen molar-refractivity contribution in [1.82, 2.24) is 10.2 Å². The number of carbonyl (C=O) groups is 3. The number of aliphatic imine (C=N–C) groups is 1. The highest BCUT2D eigenvalue weighted by Crippen LogP contribution is 2.32. The van der Waals surface area contributed by atoms with Gasteiger partial charge in [0.05, 0.1) is 18.4 Å². The van der Waals surface area contributed by atoms with Crippen LogP contribution in [-0.2, 0) is 21.0 Å². The number of nitrogens with zero attached hydrogens (tertiary/aromatic N) is 2. The van der Waals surface area contributed by atoms with E-state index in [0.29, 0.717) is 29.4 Å². The van der Waals surface area contributed by atoms with Crippen molar-refractivity contribution >= 4 is 40.7 Å². The summed E-state index contributed by atoms with van der Waals surface area (Å²) in [5.41, 5.74) is 3.38. The molecule has 0 spiro atoms. The number of carbonyl (C=O) groups excluding carboxylic acids is 3. The zero-order valence-corrected chi connectivity index (χ0v) is 29.6. The fraction of sp³-hybridized carbons (Fsp3) is 0.143. The third-order valence-electron chi connectivity index (χ3n) is 7.80. The van der Waals surface area contributed by atoms with Crippen LogP contribution in [0.25, 0.3) is 6.08 Å². The molecule has 0 bridgehead atoms. The van der Waals surface area contributed by atoms with E-state index in [2.05, 4.69) is 16.9 Å². The first-order chi connectivity index (χ1) is 25.3. The molecule has 10 heteroatoms. The number of allylic oxidation sites excluding steroid dienone is 4. The predicted molar refractivity (Wildman–Crippen MR) is 204 cm³/mol. The van der Waals surface area contributed by atoms with Gasteiger partial charge in [0.25, 0.3) is 11.8 Å². The van der Waals surface area contributed by atoms with Crippen molar-refractivity contribution in [2.24, 2.45) is 4.99 Å². The van der Waals surface area contributed by atoms with Crippen LogP contribution in [0.2, 0.25) is 0 Å². The van der Waals surface area contributed by atoms with E-state index in [1.165, 1.54) is 23.1 Å². The van der Waals surface area contributed by atoms with Gasteiger partial charge in [0.15, 0.2) is 16.7 Å². The van der Waals surface area contributed by atoms with Crippen LogP contribution in [0.3, 0.4) is 0 Å². The van der Waals surface area contributed by atoms with Gasteiger partial charge in [-0.1, -0.05) is 115 Å². The molecule has 5 rings (SSSR count). The maximum atomic E-state index is 14.1. The van der Waals surface area contributed by atoms with E-state index in [0.717, 1.165) is 28.5 Å². The Kier molecular flexibility index (Phi) is 13.1. The van der Waals surface area contributed by atoms with E-state index in [-0.39, 0.29) is 34.8 Å². The highest BCUT2D eigenvalue weighted by molar-refractivity contribution is 8.14. The lowest BCUT2D eigenvalue weighted by Gasteiger charge is -2.28. The second-order valence-electron chi connectivity index (χ2n) is 11.4. The normalized spacial score (nSPS) is 14.2. The number of nitrogens with one attached hydrogen (secondary N) is 1. The first-order valence-corrected chi connectivity index (χ1v) is 17.6. The average Bonchev–Trinajstić information content (AvgIpc) is 3.16. The molecule has 0 fully saturated rings. The monoisotopic (exact) mass is 715 g/mol. The molecule has 4 aromatic carbocycles. The SMILES string of the molecule is C=C/C=C\C(=C/C)N1C(=O)/C(=C/c2ccc(OCc3ccc(F)cc3)c(OCC)c2)C(=O)N=C1SCC(=O)NC(c1ccccc1)c1ccccc1. The molecule has 1 heterocycles. The second-order valence-corrected chi connectivity index (χ2v) is 12.3. The summed E-state index contributed by atoms with van der Waals surface area (Å²) >= 11 is 0.991. The van der Waals surface area contributed by atoms with Crippen molar-refractivity contribution in [3.63, 3.8) is 0 Å². The molecule has 264 valence electrons. The van der Waals surface area contributed by atoms with Gasteiger partial charge in [-0.25, -0.2) is 4.39 Å². The lowest BCUT2D eigenvalue weighted by molar-refractivity contribution is -0.126. The molecule has 0 radical (unpaired) electrons. The van der Waals surface area contributed by atoms with Gasteiger partial charge in [-0.2, -0.15) is 4.99 Å². The zero-order chi connectivity index (χ0) is 36.9. The van der Waals surface area contributed by atoms with Crippen molar-refractivity contribution in [1.29, 1.82) is 0 Å². The van der Waals surface area contributed by atoms with Crippen LogP contribution in [0.15, 0.2) is 150 Å². The molecule has 0 saturated carbocycles. The Bertz CT molecular complexity index is 1990. The molecule has 0 aliphatic carbocycles. The van der Waals surface area contributed by atoms with E-state index < -0.39 is 17.9 Å². The first kappa shape index (κ1) is 37.3. The van der Waals surface area contributed by atoms with Gasteiger partial charge in [-0.05, 0) is 72.5 Å². The number of hydrogen-bond donors (Lipinski definition) is 1. The minimum atomic E-state index is -0.742. The molecule has 0 saturated heterocycles. The average molecular weight is 716 g/mol. The van der Waals surface area contributed by atoms with Crippen molar-refractivity contribution < 1.29 is 28.2 Å². The van der Waals surface area contributed by atoms with Crippen LogP contribution in [0.4, 0.5) is 4.39 Å². The highest BCUT2D eigenvalue weighted by atomic mass is 32.2. The van der Waals surface area contributed by atoms with Crippen molar-refractivity contribution in [3.05, 3.63) is 173 Å². The lowest BCUT2D eigenvalue weighted by atomic mass is 9.99. The quantitative estimate of drug-likeness (QED) is 0.0804. The summed E-state index contributed by atoms with van der Waals surface area (Å²) < 4.78 is 25.1. The molecule has 0 unspecified atom stereocenters. The summed E-state index contributed by atoms with van der Waals surface area (Å²) in [6, 6.07) is 29.9. The maximum absolute atomic E-state index is 14.1. The highest BCUT2D eigenvalue weighted by Gasteiger charge is 2.35. The van der Waals surface area contributed by atoms with Crippen LogP contribution in [0, 0.1) is 5.82 Å². The van der Waals surface area contributed by atoms with Gasteiger partial charge < -0.3 is 14.8 Å². The molecule has 1 aliphatic heterocycles. The third kappa shape index (κ3) is 9.61. The number of halogens is 1. The first-order valence-electron chi connectivity index (χ1n) is 16.6. The van der Waals surface area contributed by atoms with Crippen molar-refractivity contribution in [3.8, 4) is 11.5 Å². The van der Waals surface area contributed by atoms with Crippen molar-refractivity contribution in [2.75, 3.05) is 12.4 Å². The van der Waals surface area contributed by atoms with Crippen molar-refractivity contribution in [2.45, 2.75) is 26.5 Å². The molecule has 0 aromatic heterocycles. The molecule has 8 nitrogen and oxygen atoms in total. The molecule has 52 heavy (non-hydrogen) atoms. The van der Waals surface area contributed by atoms with Crippen LogP contribution in [0.1, 0.15) is 42.1 Å². The molecule has 0 atom stereocenters. The van der Waals surface area contributed by atoms with Crippen LogP contribution in [0.5, 0.6) is 11.5 Å². The topological polar surface area (TPSA) is 97.3 Å². The fourth-order valence-electron chi connectivity index (χ4n) is 5.30. The summed E-state index contributed by atoms with van der Waals surface area (Å²) in [6.45, 7) is 7.84. The maximum Gasteiger partial charge on any atom is 0.285 e. The van der Waals surface area contributed by atoms with E-state index in [1.54, 1.807) is 61.6 Å². The smallest absolute Gasteiger partial charge is 0.285 e. The molecule has 3 amide bonds. The molecule has 1 N–H and O–H groups in total. The van der Waals surface area contributed by atoms with Crippen LogP contribution < -0.4 is 14.8 Å². The number of benzene rings is 4. The van der Waals surface area contributed by atoms with Gasteiger partial charge in [0.2, 0.25) is 5.91 Å². The summed E-state index contributed by atoms with van der Waals surface area (Å²) in [6.07, 6.45) is 8.08. The number of hydrogen-bond acceptors (Lipinski definition) is 6. The summed E-state index contributed by atoms with van der Waals surface area (Å²) in [7, 11) is 0. The molecular weight excluding hydrogens is 678 g/mol. The summed E-state index contributed by atoms with van der Waals surface area (Å²) in [5.74, 6) is -1.25. The summed E-state index contributed by atoms with van der Waals surface area (Å²) in [5, 5.41) is 3.16. The Morgan fingerprint density at radius 1 is 0.942 bits per heavy atom. The van der Waals surface area contributed by atoms with Crippen LogP contribution in [-0.4, -0.2) is 40.1 Å². The van der Waals surface area contributed by atoms with Gasteiger partial charge in [0.1, 0.15) is 18.0 Å². The predicted octanol–water partition coefficient (Wildman–Crippen LogP) is 8.20. The minimum absolute atomic E-state index is 0.0691. The van der Waals surface area contributed by atoms with Gasteiger partial charge in [0, 0.05) is 5.70 Å². The third-order valence-corrected chi connectivity index (χ3v) is 8.74. The number of thioether (sulfide) groups is 1. The Morgan fingerprint density at radius 3 is 2.23 bits per heavy atom. The summed E-state index contributed by atoms with van der Waals surface area (Å²) in [4.78, 5) is 46.6. The zero-order valence-electron chi connectivity index (χ0n) is 28.8. The van der Waals surface area contributed by atoms with E-state index in [4.69, 9.17) is 9.47 Å². The molecular formula is C42H38FN3O5S. The van der Waals surface area contributed by atoms with Gasteiger partial charge in [-0.3, -0.25) is 19.3 Å². The molecule has 4 aromatic rings. The Hall–Kier alpha value is -6.00. The van der Waals surface area contributed by atoms with E-state index in [1.807, 2.05) is 67.6 Å². The molecule has 1 aliphatic rings. The lowest BCUT2D eigenvalue weighted by Crippen LogP contribution is -2.42. The largest absolute Gasteiger partial charge is 0.490 e. The van der Waals surface area contributed by atoms with E-state index >= 15 is 0 Å². The Morgan fingerprint density at radius 2 is 1.62 bits per heavy atom. The standard InChI is InChI=1S/C42H38FN3O5S/c1-4-7-18-34(5-2)46-41(49)35(25-30-21-24-36(37(26-30)50-6-3)51-27-29-19-22-33(43)23-20-29)40(48)45-42(46)52-28-38(47)44-39(31-14-10-8-11-15-31)32-16-12-9-13-17-32/h4-5,7-26,39H,1,6,27-28H2,2-3H3,(H,44,47)/b18-7-,34-5+,35-25+. The van der Waals surface area contributed by atoms with Gasteiger partial charge in [-0.15, -0.1) is 0 Å². The minimum Gasteiger partial charge on any atom is -0.490 e. The van der Waals surface area contributed by atoms with Gasteiger partial charge >= 0.3 is 0 Å². The fourth-order valence-corrected chi connectivity index (χ4v) is 6.11. The van der Waals surface area contributed by atoms with E-state index in [9.17, 15) is 18.8 Å². The Balaban J connectivity index is 1.39. The number of amidine groups is 1. The van der Waals surface area contributed by atoms with Crippen LogP contribution >= 0.6 is 11.8 Å². The number of ether oxygens (including phenoxy) is 2. The Labute approximate surface area is 307 Å². The number of rotatable bonds is 14. The second kappa shape index (κ2) is 18.3. The number of amides is 3.